The number of halogens is 2. The smallest absolute Gasteiger partial charge is 0.138 e. The Labute approximate surface area is 106 Å². The van der Waals surface area contributed by atoms with E-state index in [9.17, 15) is 9.18 Å². The first-order chi connectivity index (χ1) is 7.99. The average molecular weight is 258 g/mol. The molecule has 0 radical (unpaired) electrons. The summed E-state index contributed by atoms with van der Waals surface area (Å²) in [7, 11) is 0. The standard InChI is InChI=1S/C13H17ClFNO/c1-9(2)16-6-5-12(17)8-10-7-11(15)3-4-13(10)14/h3-4,7,9,16H,5-6,8H2,1-2H3. The molecule has 1 aromatic carbocycles. The fourth-order valence-electron chi connectivity index (χ4n) is 1.48. The van der Waals surface area contributed by atoms with E-state index < -0.39 is 0 Å². The molecule has 0 fully saturated rings. The van der Waals surface area contributed by atoms with Gasteiger partial charge in [-0.2, -0.15) is 0 Å². The summed E-state index contributed by atoms with van der Waals surface area (Å²) in [5.74, 6) is -0.303. The fraction of sp³-hybridized carbons (Fsp3) is 0.462. The lowest BCUT2D eigenvalue weighted by Gasteiger charge is -2.07. The van der Waals surface area contributed by atoms with Crippen molar-refractivity contribution in [3.05, 3.63) is 34.6 Å². The SMILES string of the molecule is CC(C)NCCC(=O)Cc1cc(F)ccc1Cl. The third kappa shape index (κ3) is 5.29. The number of hydrogen-bond donors (Lipinski definition) is 1. The summed E-state index contributed by atoms with van der Waals surface area (Å²) in [6, 6.07) is 4.44. The summed E-state index contributed by atoms with van der Waals surface area (Å²) in [6.07, 6.45) is 0.626. The van der Waals surface area contributed by atoms with Gasteiger partial charge in [0.15, 0.2) is 0 Å². The van der Waals surface area contributed by atoms with Gasteiger partial charge in [0.25, 0.3) is 0 Å². The summed E-state index contributed by atoms with van der Waals surface area (Å²) in [6.45, 7) is 4.69. The lowest BCUT2D eigenvalue weighted by molar-refractivity contribution is -0.118. The highest BCUT2D eigenvalue weighted by molar-refractivity contribution is 6.31. The lowest BCUT2D eigenvalue weighted by Crippen LogP contribution is -2.25. The van der Waals surface area contributed by atoms with Gasteiger partial charge in [0.1, 0.15) is 11.6 Å². The summed E-state index contributed by atoms with van der Waals surface area (Å²) in [5.41, 5.74) is 0.557. The Kier molecular flexibility index (Phi) is 5.59. The van der Waals surface area contributed by atoms with Crippen LogP contribution in [0.25, 0.3) is 0 Å². The van der Waals surface area contributed by atoms with Crippen LogP contribution in [-0.2, 0) is 11.2 Å². The van der Waals surface area contributed by atoms with Crippen molar-refractivity contribution >= 4 is 17.4 Å². The van der Waals surface area contributed by atoms with Gasteiger partial charge in [0, 0.05) is 30.5 Å². The van der Waals surface area contributed by atoms with Crippen LogP contribution in [0.2, 0.25) is 5.02 Å². The van der Waals surface area contributed by atoms with Gasteiger partial charge >= 0.3 is 0 Å². The minimum atomic E-state index is -0.363. The van der Waals surface area contributed by atoms with E-state index in [2.05, 4.69) is 5.32 Å². The molecule has 0 aliphatic heterocycles. The first kappa shape index (κ1) is 14.1. The molecule has 0 aromatic heterocycles. The predicted molar refractivity (Wildman–Crippen MR) is 67.9 cm³/mol. The molecular weight excluding hydrogens is 241 g/mol. The second-order valence-electron chi connectivity index (χ2n) is 4.31. The van der Waals surface area contributed by atoms with E-state index in [1.807, 2.05) is 13.8 Å². The molecule has 94 valence electrons. The maximum atomic E-state index is 13.0. The zero-order valence-corrected chi connectivity index (χ0v) is 10.9. The molecule has 0 amide bonds. The van der Waals surface area contributed by atoms with Gasteiger partial charge in [0.2, 0.25) is 0 Å². The molecule has 0 unspecified atom stereocenters. The van der Waals surface area contributed by atoms with E-state index in [4.69, 9.17) is 11.6 Å². The number of benzene rings is 1. The van der Waals surface area contributed by atoms with E-state index in [-0.39, 0.29) is 18.0 Å². The van der Waals surface area contributed by atoms with Crippen molar-refractivity contribution in [1.29, 1.82) is 0 Å². The Morgan fingerprint density at radius 3 is 2.82 bits per heavy atom. The van der Waals surface area contributed by atoms with E-state index in [0.29, 0.717) is 29.6 Å². The van der Waals surface area contributed by atoms with E-state index in [0.717, 1.165) is 0 Å². The van der Waals surface area contributed by atoms with Gasteiger partial charge in [-0.05, 0) is 23.8 Å². The number of nitrogens with one attached hydrogen (secondary N) is 1. The van der Waals surface area contributed by atoms with Crippen LogP contribution in [-0.4, -0.2) is 18.4 Å². The predicted octanol–water partition coefficient (Wildman–Crippen LogP) is 2.98. The Balaban J connectivity index is 2.47. The summed E-state index contributed by atoms with van der Waals surface area (Å²) in [4.78, 5) is 11.6. The lowest BCUT2D eigenvalue weighted by atomic mass is 10.1. The molecule has 0 aliphatic carbocycles. The first-order valence-corrected chi connectivity index (χ1v) is 6.06. The van der Waals surface area contributed by atoms with Crippen LogP contribution in [0.1, 0.15) is 25.8 Å². The molecule has 0 bridgehead atoms. The number of ketones is 1. The van der Waals surface area contributed by atoms with Crippen LogP contribution >= 0.6 is 11.6 Å². The van der Waals surface area contributed by atoms with Crippen LogP contribution in [0.3, 0.4) is 0 Å². The fourth-order valence-corrected chi connectivity index (χ4v) is 1.66. The van der Waals surface area contributed by atoms with Crippen LogP contribution in [0, 0.1) is 5.82 Å². The highest BCUT2D eigenvalue weighted by Crippen LogP contribution is 2.18. The monoisotopic (exact) mass is 257 g/mol. The minimum Gasteiger partial charge on any atom is -0.314 e. The van der Waals surface area contributed by atoms with Gasteiger partial charge < -0.3 is 5.32 Å². The van der Waals surface area contributed by atoms with E-state index in [1.54, 1.807) is 0 Å². The van der Waals surface area contributed by atoms with Crippen LogP contribution in [0.4, 0.5) is 4.39 Å². The summed E-state index contributed by atoms with van der Waals surface area (Å²) < 4.78 is 13.0. The number of rotatable bonds is 6. The maximum Gasteiger partial charge on any atom is 0.138 e. The third-order valence-electron chi connectivity index (χ3n) is 2.35. The molecule has 0 saturated heterocycles. The second-order valence-corrected chi connectivity index (χ2v) is 4.72. The highest BCUT2D eigenvalue weighted by Gasteiger charge is 2.08. The number of hydrogen-bond acceptors (Lipinski definition) is 2. The molecule has 1 N–H and O–H groups in total. The van der Waals surface area contributed by atoms with Crippen molar-refractivity contribution in [1.82, 2.24) is 5.32 Å². The Morgan fingerprint density at radius 1 is 1.47 bits per heavy atom. The Bertz CT molecular complexity index is 393. The largest absolute Gasteiger partial charge is 0.314 e. The zero-order chi connectivity index (χ0) is 12.8. The molecule has 1 rings (SSSR count). The normalized spacial score (nSPS) is 10.9. The molecule has 0 heterocycles. The number of carbonyl (C=O) groups is 1. The van der Waals surface area contributed by atoms with Gasteiger partial charge in [-0.3, -0.25) is 4.79 Å². The van der Waals surface area contributed by atoms with Gasteiger partial charge in [0.05, 0.1) is 0 Å². The van der Waals surface area contributed by atoms with Crippen molar-refractivity contribution in [3.63, 3.8) is 0 Å². The number of carbonyl (C=O) groups excluding carboxylic acids is 1. The molecule has 4 heteroatoms. The van der Waals surface area contributed by atoms with Crippen molar-refractivity contribution in [2.45, 2.75) is 32.7 Å². The average Bonchev–Trinajstić information content (AvgIpc) is 2.23. The van der Waals surface area contributed by atoms with Crippen molar-refractivity contribution in [2.75, 3.05) is 6.54 Å². The quantitative estimate of drug-likeness (QED) is 0.849. The van der Waals surface area contributed by atoms with Gasteiger partial charge in [-0.25, -0.2) is 4.39 Å². The molecule has 2 nitrogen and oxygen atoms in total. The maximum absolute atomic E-state index is 13.0. The zero-order valence-electron chi connectivity index (χ0n) is 10.1. The molecule has 1 aromatic rings. The van der Waals surface area contributed by atoms with E-state index >= 15 is 0 Å². The highest BCUT2D eigenvalue weighted by atomic mass is 35.5. The number of Topliss-reactive ketones (excluding diaryl/α,β-unsaturated/α-hetero) is 1. The second kappa shape index (κ2) is 6.72. The molecular formula is C13H17ClFNO. The summed E-state index contributed by atoms with van der Waals surface area (Å²) >= 11 is 5.89. The van der Waals surface area contributed by atoms with Crippen molar-refractivity contribution < 1.29 is 9.18 Å². The van der Waals surface area contributed by atoms with Crippen LogP contribution < -0.4 is 5.32 Å². The van der Waals surface area contributed by atoms with Crippen molar-refractivity contribution in [3.8, 4) is 0 Å². The molecule has 0 atom stereocenters. The summed E-state index contributed by atoms with van der Waals surface area (Å²) in [5, 5.41) is 3.60. The third-order valence-corrected chi connectivity index (χ3v) is 2.72. The van der Waals surface area contributed by atoms with Crippen LogP contribution in [0.5, 0.6) is 0 Å². The van der Waals surface area contributed by atoms with E-state index in [1.165, 1.54) is 18.2 Å². The first-order valence-electron chi connectivity index (χ1n) is 5.68. The molecule has 17 heavy (non-hydrogen) atoms. The van der Waals surface area contributed by atoms with Gasteiger partial charge in [-0.15, -0.1) is 0 Å². The topological polar surface area (TPSA) is 29.1 Å². The molecule has 0 spiro atoms. The van der Waals surface area contributed by atoms with Crippen molar-refractivity contribution in [2.24, 2.45) is 0 Å². The molecule has 0 aliphatic rings. The minimum absolute atomic E-state index is 0.0608. The Morgan fingerprint density at radius 2 is 2.18 bits per heavy atom. The Hall–Kier alpha value is -0.930. The van der Waals surface area contributed by atoms with Gasteiger partial charge in [-0.1, -0.05) is 25.4 Å². The molecule has 0 saturated carbocycles. The van der Waals surface area contributed by atoms with Crippen LogP contribution in [0.15, 0.2) is 18.2 Å².